The van der Waals surface area contributed by atoms with Gasteiger partial charge in [0, 0.05) is 6.23 Å². The molecule has 0 radical (unpaired) electrons. The lowest BCUT2D eigenvalue weighted by Crippen LogP contribution is -2.68. The summed E-state index contributed by atoms with van der Waals surface area (Å²) in [5, 5.41) is 25.7. The molecule has 0 saturated heterocycles. The fourth-order valence-electron chi connectivity index (χ4n) is 7.45. The van der Waals surface area contributed by atoms with Gasteiger partial charge >= 0.3 is 0 Å². The van der Waals surface area contributed by atoms with E-state index in [4.69, 9.17) is 13.9 Å². The molecule has 0 atom stereocenters. The average Bonchev–Trinajstić information content (AvgIpc) is 3.21. The minimum absolute atomic E-state index is 0.152. The summed E-state index contributed by atoms with van der Waals surface area (Å²) in [4.78, 5) is 0. The molecule has 0 aliphatic carbocycles. The van der Waals surface area contributed by atoms with Crippen molar-refractivity contribution in [3.63, 3.8) is 0 Å². The van der Waals surface area contributed by atoms with Crippen molar-refractivity contribution in [2.24, 2.45) is 0 Å². The van der Waals surface area contributed by atoms with Crippen molar-refractivity contribution >= 4 is 37.1 Å². The predicted octanol–water partition coefficient (Wildman–Crippen LogP) is 7.26. The Bertz CT molecular complexity index is 1760. The monoisotopic (exact) mass is 724 g/mol. The van der Waals surface area contributed by atoms with Gasteiger partial charge in [0.2, 0.25) is 0 Å². The molecule has 0 bridgehead atoms. The molecule has 6 aromatic rings. The molecule has 5 nitrogen and oxygen atoms in total. The third-order valence-electron chi connectivity index (χ3n) is 10.2. The Kier molecular flexibility index (Phi) is 12.3. The van der Waals surface area contributed by atoms with E-state index >= 15 is 0 Å². The van der Waals surface area contributed by atoms with Crippen molar-refractivity contribution in [2.75, 3.05) is 20.4 Å². The fraction of sp³-hybridized carbons (Fsp3) is 0.200. The van der Waals surface area contributed by atoms with Crippen LogP contribution in [0, 0.1) is 0 Å². The van der Waals surface area contributed by atoms with Crippen LogP contribution in [-0.2, 0) is 17.3 Å². The standard InChI is InChI=1S/C45H48O5Si2/c1-48-44-33-36(27-29-42(44)46)17-15-31-51(38-19-7-3-8-20-38,39-21-9-4-10-22-39)35-50-52(40-23-11-5-12-24-40,41-25-13-6-14-26-41)32-16-18-37-28-30-43(47)45(34-37)49-2/h3-14,19-30,33-34,46-47H,15-18,31-32,35H2,1-2H3. The van der Waals surface area contributed by atoms with Crippen LogP contribution in [-0.4, -0.2) is 47.1 Å². The topological polar surface area (TPSA) is 68.2 Å². The molecule has 6 rings (SSSR count). The SMILES string of the molecule is COc1cc(CCC[Si](CO[Si](CCCc2ccc(O)c(OC)c2)(c2ccccc2)c2ccccc2)(c2ccccc2)c2ccccc2)ccc1O. The van der Waals surface area contributed by atoms with Crippen LogP contribution in [0.15, 0.2) is 158 Å². The van der Waals surface area contributed by atoms with Gasteiger partial charge in [0.05, 0.1) is 14.2 Å². The van der Waals surface area contributed by atoms with E-state index in [0.29, 0.717) is 17.7 Å². The maximum Gasteiger partial charge on any atom is 0.255 e. The molecule has 0 fully saturated rings. The smallest absolute Gasteiger partial charge is 0.255 e. The van der Waals surface area contributed by atoms with E-state index in [9.17, 15) is 10.2 Å². The second-order valence-electron chi connectivity index (χ2n) is 13.4. The summed E-state index contributed by atoms with van der Waals surface area (Å²) >= 11 is 0. The molecule has 7 heteroatoms. The lowest BCUT2D eigenvalue weighted by atomic mass is 10.1. The third kappa shape index (κ3) is 8.34. The van der Waals surface area contributed by atoms with Gasteiger partial charge in [0.25, 0.3) is 8.32 Å². The number of hydrogen-bond donors (Lipinski definition) is 2. The highest BCUT2D eigenvalue weighted by atomic mass is 28.4. The first-order chi connectivity index (χ1) is 25.5. The number of aryl methyl sites for hydroxylation is 2. The summed E-state index contributed by atoms with van der Waals surface area (Å²) in [6.45, 7) is 0. The maximum absolute atomic E-state index is 10.2. The highest BCUT2D eigenvalue weighted by molar-refractivity contribution is 7.04. The van der Waals surface area contributed by atoms with Crippen molar-refractivity contribution in [2.45, 2.75) is 37.8 Å². The van der Waals surface area contributed by atoms with Crippen LogP contribution in [0.2, 0.25) is 12.1 Å². The maximum atomic E-state index is 10.2. The molecule has 0 spiro atoms. The molecule has 52 heavy (non-hydrogen) atoms. The number of phenols is 2. The Morgan fingerprint density at radius 3 is 1.25 bits per heavy atom. The van der Waals surface area contributed by atoms with Gasteiger partial charge in [-0.2, -0.15) is 0 Å². The first-order valence-corrected chi connectivity index (χ1v) is 22.6. The van der Waals surface area contributed by atoms with E-state index in [0.717, 1.165) is 48.9 Å². The summed E-state index contributed by atoms with van der Waals surface area (Å²) in [5.74, 6) is 1.31. The van der Waals surface area contributed by atoms with Gasteiger partial charge in [-0.3, -0.25) is 0 Å². The molecular formula is C45H48O5Si2. The Hall–Kier alpha value is -5.09. The molecule has 0 unspecified atom stereocenters. The molecular weight excluding hydrogens is 677 g/mol. The van der Waals surface area contributed by atoms with Crippen LogP contribution < -0.4 is 30.2 Å². The van der Waals surface area contributed by atoms with Gasteiger partial charge in [-0.05, 0) is 77.1 Å². The van der Waals surface area contributed by atoms with Crippen LogP contribution in [0.4, 0.5) is 0 Å². The summed E-state index contributed by atoms with van der Waals surface area (Å²) in [5.41, 5.74) is 2.27. The van der Waals surface area contributed by atoms with Crippen LogP contribution in [0.3, 0.4) is 0 Å². The van der Waals surface area contributed by atoms with E-state index in [1.807, 2.05) is 24.3 Å². The van der Waals surface area contributed by atoms with Gasteiger partial charge in [-0.1, -0.05) is 150 Å². The molecule has 0 aliphatic rings. The lowest BCUT2D eigenvalue weighted by molar-refractivity contribution is 0.372. The number of benzene rings is 6. The minimum atomic E-state index is -2.82. The van der Waals surface area contributed by atoms with Crippen molar-refractivity contribution in [3.8, 4) is 23.0 Å². The highest BCUT2D eigenvalue weighted by Gasteiger charge is 2.44. The first kappa shape index (κ1) is 36.7. The quantitative estimate of drug-likeness (QED) is 0.0971. The molecule has 6 aromatic carbocycles. The van der Waals surface area contributed by atoms with Crippen molar-refractivity contribution in [1.82, 2.24) is 0 Å². The summed E-state index contributed by atoms with van der Waals surface area (Å²) in [6.07, 6.45) is 4.22. The van der Waals surface area contributed by atoms with Crippen LogP contribution in [0.25, 0.3) is 0 Å². The van der Waals surface area contributed by atoms with Crippen molar-refractivity contribution < 1.29 is 24.1 Å². The number of methoxy groups -OCH3 is 2. The Labute approximate surface area is 310 Å². The molecule has 2 N–H and O–H groups in total. The normalized spacial score (nSPS) is 11.7. The van der Waals surface area contributed by atoms with E-state index < -0.39 is 16.4 Å². The average molecular weight is 725 g/mol. The second-order valence-corrected chi connectivity index (χ2v) is 21.1. The number of ether oxygens (including phenoxy) is 2. The van der Waals surface area contributed by atoms with Gasteiger partial charge in [-0.25, -0.2) is 0 Å². The second kappa shape index (κ2) is 17.4. The number of rotatable bonds is 17. The highest BCUT2D eigenvalue weighted by Crippen LogP contribution is 2.30. The lowest BCUT2D eigenvalue weighted by Gasteiger charge is -2.39. The molecule has 0 aromatic heterocycles. The molecule has 0 aliphatic heterocycles. The molecule has 0 saturated carbocycles. The molecule has 0 amide bonds. The van der Waals surface area contributed by atoms with Gasteiger partial charge in [0.1, 0.15) is 8.07 Å². The van der Waals surface area contributed by atoms with E-state index in [1.165, 1.54) is 20.7 Å². The minimum Gasteiger partial charge on any atom is -0.504 e. The Morgan fingerprint density at radius 2 is 0.846 bits per heavy atom. The predicted molar refractivity (Wildman–Crippen MR) is 217 cm³/mol. The largest absolute Gasteiger partial charge is 0.504 e. The van der Waals surface area contributed by atoms with E-state index in [1.54, 1.807) is 26.4 Å². The number of hydrogen-bond acceptors (Lipinski definition) is 5. The summed E-state index contributed by atoms with van der Waals surface area (Å²) in [7, 11) is -2.18. The van der Waals surface area contributed by atoms with Crippen LogP contribution >= 0.6 is 0 Å². The third-order valence-corrected chi connectivity index (χ3v) is 19.5. The zero-order chi connectivity index (χ0) is 36.2. The van der Waals surface area contributed by atoms with Gasteiger partial charge < -0.3 is 24.1 Å². The van der Waals surface area contributed by atoms with Gasteiger partial charge in [-0.15, -0.1) is 0 Å². The van der Waals surface area contributed by atoms with Crippen LogP contribution in [0.1, 0.15) is 24.0 Å². The molecule has 0 heterocycles. The van der Waals surface area contributed by atoms with E-state index in [2.05, 4.69) is 121 Å². The Balaban J connectivity index is 1.40. The van der Waals surface area contributed by atoms with Crippen LogP contribution in [0.5, 0.6) is 23.0 Å². The number of phenolic OH excluding ortho intramolecular Hbond substituents is 2. The Morgan fingerprint density at radius 1 is 0.462 bits per heavy atom. The van der Waals surface area contributed by atoms with Gasteiger partial charge in [0.15, 0.2) is 23.0 Å². The zero-order valence-electron chi connectivity index (χ0n) is 30.1. The number of aromatic hydroxyl groups is 2. The molecule has 266 valence electrons. The summed E-state index contributed by atoms with van der Waals surface area (Å²) in [6, 6.07) is 57.0. The van der Waals surface area contributed by atoms with Crippen molar-refractivity contribution in [3.05, 3.63) is 169 Å². The van der Waals surface area contributed by atoms with E-state index in [-0.39, 0.29) is 11.5 Å². The fourth-order valence-corrected chi connectivity index (χ4v) is 16.8. The van der Waals surface area contributed by atoms with Crippen molar-refractivity contribution in [1.29, 1.82) is 0 Å². The zero-order valence-corrected chi connectivity index (χ0v) is 32.1. The first-order valence-electron chi connectivity index (χ1n) is 18.1. The summed E-state index contributed by atoms with van der Waals surface area (Å²) < 4.78 is 18.7.